The molecule has 0 aromatic carbocycles. The monoisotopic (exact) mass is 350 g/mol. The summed E-state index contributed by atoms with van der Waals surface area (Å²) in [5.41, 5.74) is 0. The summed E-state index contributed by atoms with van der Waals surface area (Å²) in [5, 5.41) is 0. The molecule has 0 aromatic heterocycles. The third-order valence-corrected chi connectivity index (χ3v) is 5.47. The summed E-state index contributed by atoms with van der Waals surface area (Å²) >= 11 is 0. The van der Waals surface area contributed by atoms with Crippen LogP contribution >= 0.6 is 0 Å². The largest absolute Gasteiger partial charge is 0.371 e. The Morgan fingerprint density at radius 3 is 1.56 bits per heavy atom. The van der Waals surface area contributed by atoms with Crippen molar-refractivity contribution in [1.29, 1.82) is 0 Å². The summed E-state index contributed by atoms with van der Waals surface area (Å²) in [7, 11) is 0. The van der Waals surface area contributed by atoms with E-state index >= 15 is 0 Å². The number of epoxide rings is 2. The molecule has 2 saturated heterocycles. The van der Waals surface area contributed by atoms with Crippen LogP contribution < -0.4 is 0 Å². The first-order chi connectivity index (χ1) is 12.2. The number of ether oxygens (including phenoxy) is 5. The van der Waals surface area contributed by atoms with E-state index in [2.05, 4.69) is 38.2 Å². The maximum atomic E-state index is 6.40. The van der Waals surface area contributed by atoms with Crippen molar-refractivity contribution in [2.24, 2.45) is 11.8 Å². The first-order valence-electron chi connectivity index (χ1n) is 9.66. The molecule has 0 radical (unpaired) electrons. The highest BCUT2D eigenvalue weighted by atomic mass is 16.6. The van der Waals surface area contributed by atoms with Gasteiger partial charge in [0.1, 0.15) is 12.2 Å². The molecule has 25 heavy (non-hydrogen) atoms. The highest BCUT2D eigenvalue weighted by molar-refractivity contribution is 5.07. The summed E-state index contributed by atoms with van der Waals surface area (Å²) in [6.45, 7) is 7.61. The van der Waals surface area contributed by atoms with E-state index in [4.69, 9.17) is 23.7 Å². The second-order valence-corrected chi connectivity index (χ2v) is 7.92. The average molecular weight is 350 g/mol. The van der Waals surface area contributed by atoms with E-state index in [0.29, 0.717) is 37.3 Å². The van der Waals surface area contributed by atoms with Crippen LogP contribution in [0.4, 0.5) is 0 Å². The normalized spacial score (nSPS) is 45.5. The summed E-state index contributed by atoms with van der Waals surface area (Å²) in [5.74, 6) is 0.911. The molecule has 0 aromatic rings. The van der Waals surface area contributed by atoms with E-state index in [1.807, 2.05) is 0 Å². The van der Waals surface area contributed by atoms with Gasteiger partial charge in [-0.2, -0.15) is 0 Å². The van der Waals surface area contributed by atoms with Gasteiger partial charge in [0, 0.05) is 0 Å². The molecule has 0 bridgehead atoms. The molecule has 4 rings (SSSR count). The Morgan fingerprint density at radius 1 is 0.760 bits per heavy atom. The second-order valence-electron chi connectivity index (χ2n) is 7.92. The highest BCUT2D eigenvalue weighted by Crippen LogP contribution is 2.30. The number of hydrogen-bond acceptors (Lipinski definition) is 5. The van der Waals surface area contributed by atoms with E-state index in [1.165, 1.54) is 0 Å². The average Bonchev–Trinajstić information content (AvgIpc) is 3.49. The molecule has 5 heteroatoms. The van der Waals surface area contributed by atoms with Crippen molar-refractivity contribution in [3.63, 3.8) is 0 Å². The van der Waals surface area contributed by atoms with Crippen molar-refractivity contribution in [3.8, 4) is 0 Å². The van der Waals surface area contributed by atoms with Gasteiger partial charge in [-0.1, -0.05) is 38.2 Å². The minimum absolute atomic E-state index is 0.159. The van der Waals surface area contributed by atoms with Crippen LogP contribution in [0.2, 0.25) is 0 Å². The maximum absolute atomic E-state index is 6.40. The Hall–Kier alpha value is -0.720. The Labute approximate surface area is 150 Å². The van der Waals surface area contributed by atoms with Gasteiger partial charge in [0.15, 0.2) is 0 Å². The first kappa shape index (κ1) is 17.7. The predicted molar refractivity (Wildman–Crippen MR) is 93.5 cm³/mol. The van der Waals surface area contributed by atoms with Gasteiger partial charge in [0.05, 0.1) is 50.8 Å². The molecule has 0 N–H and O–H groups in total. The SMILES string of the molecule is CC1CC(OCC2CO2)C=CC1OC1C=CC(OCC2CO2)CC1C. The Kier molecular flexibility index (Phi) is 5.58. The van der Waals surface area contributed by atoms with Crippen molar-refractivity contribution in [3.05, 3.63) is 24.3 Å². The minimum atomic E-state index is 0.159. The van der Waals surface area contributed by atoms with Gasteiger partial charge in [-0.3, -0.25) is 0 Å². The molecule has 4 aliphatic rings. The lowest BCUT2D eigenvalue weighted by Crippen LogP contribution is -2.37. The van der Waals surface area contributed by atoms with Gasteiger partial charge >= 0.3 is 0 Å². The lowest BCUT2D eigenvalue weighted by atomic mass is 9.88. The molecule has 0 amide bonds. The minimum Gasteiger partial charge on any atom is -0.371 e. The molecule has 0 saturated carbocycles. The van der Waals surface area contributed by atoms with Crippen LogP contribution in [0.3, 0.4) is 0 Å². The number of rotatable bonds is 8. The van der Waals surface area contributed by atoms with Gasteiger partial charge < -0.3 is 23.7 Å². The lowest BCUT2D eigenvalue weighted by molar-refractivity contribution is -0.0508. The van der Waals surface area contributed by atoms with Crippen LogP contribution in [-0.4, -0.2) is 63.1 Å². The quantitative estimate of drug-likeness (QED) is 0.497. The first-order valence-corrected chi connectivity index (χ1v) is 9.66. The van der Waals surface area contributed by atoms with Crippen molar-refractivity contribution in [2.75, 3.05) is 26.4 Å². The third kappa shape index (κ3) is 5.14. The third-order valence-electron chi connectivity index (χ3n) is 5.47. The van der Waals surface area contributed by atoms with E-state index in [1.54, 1.807) is 0 Å². The van der Waals surface area contributed by atoms with Gasteiger partial charge in [-0.25, -0.2) is 0 Å². The summed E-state index contributed by atoms with van der Waals surface area (Å²) in [6, 6.07) is 0. The predicted octanol–water partition coefficient (Wildman–Crippen LogP) is 2.50. The molecule has 8 atom stereocenters. The van der Waals surface area contributed by atoms with E-state index in [9.17, 15) is 0 Å². The molecule has 2 aliphatic heterocycles. The molecule has 8 unspecified atom stereocenters. The second kappa shape index (κ2) is 7.89. The fourth-order valence-electron chi connectivity index (χ4n) is 3.58. The Bertz CT molecular complexity index is 452. The van der Waals surface area contributed by atoms with Crippen LogP contribution in [0, 0.1) is 11.8 Å². The van der Waals surface area contributed by atoms with E-state index in [-0.39, 0.29) is 24.4 Å². The fraction of sp³-hybridized carbons (Fsp3) is 0.800. The van der Waals surface area contributed by atoms with Crippen LogP contribution in [0.5, 0.6) is 0 Å². The zero-order chi connectivity index (χ0) is 17.2. The number of hydrogen-bond donors (Lipinski definition) is 0. The zero-order valence-corrected chi connectivity index (χ0v) is 15.2. The topological polar surface area (TPSA) is 52.8 Å². The van der Waals surface area contributed by atoms with Gasteiger partial charge in [0.2, 0.25) is 0 Å². The molecule has 5 nitrogen and oxygen atoms in total. The van der Waals surface area contributed by atoms with Crippen molar-refractivity contribution in [1.82, 2.24) is 0 Å². The molecule has 140 valence electrons. The van der Waals surface area contributed by atoms with Crippen LogP contribution in [0.25, 0.3) is 0 Å². The van der Waals surface area contributed by atoms with Gasteiger partial charge in [-0.05, 0) is 24.7 Å². The smallest absolute Gasteiger partial charge is 0.104 e. The van der Waals surface area contributed by atoms with Crippen LogP contribution in [0.1, 0.15) is 26.7 Å². The highest BCUT2D eigenvalue weighted by Gasteiger charge is 2.32. The molecule has 2 fully saturated rings. The van der Waals surface area contributed by atoms with E-state index < -0.39 is 0 Å². The van der Waals surface area contributed by atoms with Crippen molar-refractivity contribution < 1.29 is 23.7 Å². The van der Waals surface area contributed by atoms with Gasteiger partial charge in [0.25, 0.3) is 0 Å². The summed E-state index contributed by atoms with van der Waals surface area (Å²) in [4.78, 5) is 0. The van der Waals surface area contributed by atoms with Gasteiger partial charge in [-0.15, -0.1) is 0 Å². The maximum Gasteiger partial charge on any atom is 0.104 e. The lowest BCUT2D eigenvalue weighted by Gasteiger charge is -2.35. The summed E-state index contributed by atoms with van der Waals surface area (Å²) in [6.07, 6.45) is 12.1. The zero-order valence-electron chi connectivity index (χ0n) is 15.2. The molecular weight excluding hydrogens is 320 g/mol. The molecular formula is C20H30O5. The van der Waals surface area contributed by atoms with E-state index in [0.717, 1.165) is 26.1 Å². The Balaban J connectivity index is 1.24. The fourth-order valence-corrected chi connectivity index (χ4v) is 3.58. The van der Waals surface area contributed by atoms with Crippen molar-refractivity contribution in [2.45, 2.75) is 63.3 Å². The van der Waals surface area contributed by atoms with Crippen molar-refractivity contribution >= 4 is 0 Å². The van der Waals surface area contributed by atoms with Crippen LogP contribution in [-0.2, 0) is 23.7 Å². The standard InChI is InChI=1S/C20H30O5/c1-13-7-15(21-9-17-11-23-17)3-5-19(13)25-20-6-4-16(8-14(20)2)22-10-18-12-24-18/h3-6,13-20H,7-12H2,1-2H3. The Morgan fingerprint density at radius 2 is 1.20 bits per heavy atom. The summed E-state index contributed by atoms with van der Waals surface area (Å²) < 4.78 is 28.6. The molecule has 0 spiro atoms. The van der Waals surface area contributed by atoms with Crippen LogP contribution in [0.15, 0.2) is 24.3 Å². The molecule has 2 heterocycles. The molecule has 2 aliphatic carbocycles.